The number of furan rings is 1. The fraction of sp³-hybridized carbons (Fsp3) is 0. The summed E-state index contributed by atoms with van der Waals surface area (Å²) in [6, 6.07) is 16.7. The van der Waals surface area contributed by atoms with Crippen LogP contribution in [0.15, 0.2) is 70.7 Å². The van der Waals surface area contributed by atoms with Gasteiger partial charge in [-0.3, -0.25) is 4.79 Å². The maximum absolute atomic E-state index is 13.7. The van der Waals surface area contributed by atoms with Gasteiger partial charge in [-0.05, 0) is 30.3 Å². The van der Waals surface area contributed by atoms with Gasteiger partial charge in [-0.15, -0.1) is 0 Å². The molecular weight excluding hydrogens is 363 g/mol. The van der Waals surface area contributed by atoms with Crippen LogP contribution in [0.25, 0.3) is 17.4 Å². The summed E-state index contributed by atoms with van der Waals surface area (Å²) < 4.78 is 19.2. The fourth-order valence-electron chi connectivity index (χ4n) is 2.50. The molecule has 28 heavy (non-hydrogen) atoms. The fourth-order valence-corrected chi connectivity index (χ4v) is 2.50. The number of carboxylic acid groups (broad SMARTS) is 1. The van der Waals surface area contributed by atoms with E-state index in [1.807, 2.05) is 0 Å². The molecule has 1 aromatic heterocycles. The van der Waals surface area contributed by atoms with E-state index in [0.717, 1.165) is 0 Å². The van der Waals surface area contributed by atoms with Crippen LogP contribution in [0.5, 0.6) is 0 Å². The van der Waals surface area contributed by atoms with E-state index in [4.69, 9.17) is 4.42 Å². The molecule has 0 radical (unpaired) electrons. The number of rotatable bonds is 5. The Hall–Kier alpha value is -4.18. The van der Waals surface area contributed by atoms with Crippen LogP contribution in [0.4, 0.5) is 10.1 Å². The number of para-hydroxylation sites is 1. The summed E-state index contributed by atoms with van der Waals surface area (Å²) in [5, 5.41) is 20.8. The third-order valence-electron chi connectivity index (χ3n) is 3.82. The number of carbonyl (C=O) groups excluding carboxylic acids is 1. The van der Waals surface area contributed by atoms with Crippen molar-refractivity contribution in [3.05, 3.63) is 83.4 Å². The monoisotopic (exact) mass is 376 g/mol. The zero-order valence-electron chi connectivity index (χ0n) is 14.3. The summed E-state index contributed by atoms with van der Waals surface area (Å²) in [4.78, 5) is 23.6. The lowest BCUT2D eigenvalue weighted by molar-refractivity contribution is -0.112. The zero-order valence-corrected chi connectivity index (χ0v) is 14.3. The topological polar surface area (TPSA) is 103 Å². The Bertz CT molecular complexity index is 1130. The summed E-state index contributed by atoms with van der Waals surface area (Å²) in [5.74, 6) is -2.08. The molecule has 0 saturated carbocycles. The van der Waals surface area contributed by atoms with E-state index in [9.17, 15) is 24.3 Å². The Balaban J connectivity index is 1.87. The molecule has 0 saturated heterocycles. The van der Waals surface area contributed by atoms with Crippen LogP contribution in [0.2, 0.25) is 0 Å². The van der Waals surface area contributed by atoms with Gasteiger partial charge in [0, 0.05) is 11.6 Å². The first-order chi connectivity index (χ1) is 13.5. The minimum Gasteiger partial charge on any atom is -0.478 e. The minimum absolute atomic E-state index is 0.0517. The highest BCUT2D eigenvalue weighted by Crippen LogP contribution is 2.27. The van der Waals surface area contributed by atoms with E-state index >= 15 is 0 Å². The molecule has 0 aliphatic carbocycles. The molecule has 0 aliphatic heterocycles. The first-order valence-electron chi connectivity index (χ1n) is 8.10. The number of nitrogens with one attached hydrogen (secondary N) is 1. The number of carbonyl (C=O) groups is 2. The number of aromatic carboxylic acids is 1. The van der Waals surface area contributed by atoms with Crippen LogP contribution in [-0.2, 0) is 4.79 Å². The van der Waals surface area contributed by atoms with Gasteiger partial charge < -0.3 is 14.8 Å². The van der Waals surface area contributed by atoms with Crippen LogP contribution in [0, 0.1) is 17.1 Å². The van der Waals surface area contributed by atoms with Crippen molar-refractivity contribution in [1.29, 1.82) is 5.26 Å². The van der Waals surface area contributed by atoms with Crippen molar-refractivity contribution in [2.45, 2.75) is 0 Å². The van der Waals surface area contributed by atoms with Crippen molar-refractivity contribution < 1.29 is 23.5 Å². The Morgan fingerprint density at radius 2 is 1.79 bits per heavy atom. The number of carboxylic acids is 1. The van der Waals surface area contributed by atoms with Crippen molar-refractivity contribution in [2.75, 3.05) is 5.32 Å². The first kappa shape index (κ1) is 18.6. The van der Waals surface area contributed by atoms with E-state index < -0.39 is 17.7 Å². The predicted octanol–water partition coefficient (Wildman–Crippen LogP) is 4.33. The molecule has 2 aromatic carbocycles. The molecule has 0 fully saturated rings. The molecule has 0 atom stereocenters. The second-order valence-corrected chi connectivity index (χ2v) is 5.66. The highest BCUT2D eigenvalue weighted by atomic mass is 19.1. The summed E-state index contributed by atoms with van der Waals surface area (Å²) in [5.41, 5.74) is 0.0778. The summed E-state index contributed by atoms with van der Waals surface area (Å²) >= 11 is 0. The van der Waals surface area contributed by atoms with Crippen LogP contribution in [0.3, 0.4) is 0 Å². The lowest BCUT2D eigenvalue weighted by Gasteiger charge is -2.04. The van der Waals surface area contributed by atoms with Gasteiger partial charge in [0.05, 0.1) is 11.3 Å². The van der Waals surface area contributed by atoms with Crippen molar-refractivity contribution in [1.82, 2.24) is 0 Å². The third kappa shape index (κ3) is 3.97. The number of nitrogens with zero attached hydrogens (tertiary/aromatic N) is 1. The average molecular weight is 376 g/mol. The third-order valence-corrected chi connectivity index (χ3v) is 3.82. The second-order valence-electron chi connectivity index (χ2n) is 5.66. The smallest absolute Gasteiger partial charge is 0.336 e. The van der Waals surface area contributed by atoms with Crippen LogP contribution in [0.1, 0.15) is 16.1 Å². The summed E-state index contributed by atoms with van der Waals surface area (Å²) in [6.45, 7) is 0. The number of benzene rings is 2. The number of amides is 1. The highest BCUT2D eigenvalue weighted by Gasteiger charge is 2.16. The largest absolute Gasteiger partial charge is 0.478 e. The molecular formula is C21H13FN2O4. The van der Waals surface area contributed by atoms with E-state index in [0.29, 0.717) is 5.56 Å². The second kappa shape index (κ2) is 8.01. The van der Waals surface area contributed by atoms with E-state index in [2.05, 4.69) is 5.32 Å². The molecule has 3 rings (SSSR count). The molecule has 6 nitrogen and oxygen atoms in total. The lowest BCUT2D eigenvalue weighted by atomic mass is 10.1. The zero-order chi connectivity index (χ0) is 20.1. The minimum atomic E-state index is -1.11. The number of anilines is 1. The van der Waals surface area contributed by atoms with Crippen molar-refractivity contribution in [3.63, 3.8) is 0 Å². The Kier molecular flexibility index (Phi) is 5.33. The normalized spacial score (nSPS) is 10.9. The van der Waals surface area contributed by atoms with Crippen molar-refractivity contribution in [3.8, 4) is 17.4 Å². The van der Waals surface area contributed by atoms with Gasteiger partial charge in [-0.1, -0.05) is 30.3 Å². The van der Waals surface area contributed by atoms with Gasteiger partial charge in [0.2, 0.25) is 0 Å². The predicted molar refractivity (Wildman–Crippen MR) is 99.7 cm³/mol. The van der Waals surface area contributed by atoms with Crippen molar-refractivity contribution in [2.24, 2.45) is 0 Å². The first-order valence-corrected chi connectivity index (χ1v) is 8.10. The molecule has 2 N–H and O–H groups in total. The summed E-state index contributed by atoms with van der Waals surface area (Å²) in [7, 11) is 0. The molecule has 1 amide bonds. The molecule has 1 heterocycles. The molecule has 0 spiro atoms. The Morgan fingerprint density at radius 1 is 1.07 bits per heavy atom. The van der Waals surface area contributed by atoms with Gasteiger partial charge in [-0.2, -0.15) is 5.26 Å². The van der Waals surface area contributed by atoms with Crippen molar-refractivity contribution >= 4 is 23.6 Å². The SMILES string of the molecule is N#C/C(=C\c1ccc(-c2ccccc2C(=O)O)o1)C(=O)Nc1ccccc1F. The molecule has 3 aromatic rings. The van der Waals surface area contributed by atoms with Gasteiger partial charge in [0.15, 0.2) is 0 Å². The van der Waals surface area contributed by atoms with Gasteiger partial charge >= 0.3 is 5.97 Å². The highest BCUT2D eigenvalue weighted by molar-refractivity contribution is 6.09. The molecule has 7 heteroatoms. The molecule has 0 unspecified atom stereocenters. The van der Waals surface area contributed by atoms with E-state index in [1.54, 1.807) is 30.3 Å². The van der Waals surface area contributed by atoms with Crippen LogP contribution >= 0.6 is 0 Å². The Labute approximate surface area is 159 Å². The maximum Gasteiger partial charge on any atom is 0.336 e. The van der Waals surface area contributed by atoms with Gasteiger partial charge in [-0.25, -0.2) is 9.18 Å². The lowest BCUT2D eigenvalue weighted by Crippen LogP contribution is -2.14. The number of nitriles is 1. The number of halogens is 1. The molecule has 0 bridgehead atoms. The van der Waals surface area contributed by atoms with E-state index in [-0.39, 0.29) is 28.3 Å². The van der Waals surface area contributed by atoms with E-state index in [1.165, 1.54) is 42.5 Å². The molecule has 0 aliphatic rings. The standard InChI is InChI=1S/C21H13FN2O4/c22-17-7-3-4-8-18(17)24-20(25)13(12-23)11-14-9-10-19(28-14)15-5-1-2-6-16(15)21(26)27/h1-11H,(H,24,25)(H,26,27)/b13-11+. The number of hydrogen-bond acceptors (Lipinski definition) is 4. The maximum atomic E-state index is 13.7. The number of hydrogen-bond donors (Lipinski definition) is 2. The average Bonchev–Trinajstić information content (AvgIpc) is 3.16. The molecule has 138 valence electrons. The van der Waals surface area contributed by atoms with Gasteiger partial charge in [0.1, 0.15) is 29.0 Å². The van der Waals surface area contributed by atoms with Crippen LogP contribution in [-0.4, -0.2) is 17.0 Å². The quantitative estimate of drug-likeness (QED) is 0.510. The Morgan fingerprint density at radius 3 is 2.50 bits per heavy atom. The van der Waals surface area contributed by atoms with Gasteiger partial charge in [0.25, 0.3) is 5.91 Å². The van der Waals surface area contributed by atoms with Crippen LogP contribution < -0.4 is 5.32 Å². The summed E-state index contributed by atoms with van der Waals surface area (Å²) in [6.07, 6.45) is 1.20.